The van der Waals surface area contributed by atoms with E-state index in [1.54, 1.807) is 0 Å². The van der Waals surface area contributed by atoms with Gasteiger partial charge in [0.1, 0.15) is 11.4 Å². The average Bonchev–Trinajstić information content (AvgIpc) is 3.68. The van der Waals surface area contributed by atoms with Gasteiger partial charge in [-0.15, -0.1) is 5.10 Å². The Hall–Kier alpha value is -4.82. The minimum Gasteiger partial charge on any atom is -0.494 e. The van der Waals surface area contributed by atoms with Gasteiger partial charge in [-0.1, -0.05) is 79.8 Å². The summed E-state index contributed by atoms with van der Waals surface area (Å²) in [6.45, 7) is 5.05. The van der Waals surface area contributed by atoms with Crippen LogP contribution in [0.3, 0.4) is 0 Å². The summed E-state index contributed by atoms with van der Waals surface area (Å²) >= 11 is 1.31. The van der Waals surface area contributed by atoms with Crippen molar-refractivity contribution in [3.05, 3.63) is 123 Å². The Morgan fingerprint density at radius 2 is 1.63 bits per heavy atom. The van der Waals surface area contributed by atoms with Gasteiger partial charge in [-0.2, -0.15) is 14.6 Å². The zero-order valence-corrected chi connectivity index (χ0v) is 23.7. The number of ether oxygens (including phenoxy) is 1. The van der Waals surface area contributed by atoms with Crippen molar-refractivity contribution in [3.8, 4) is 22.7 Å². The molecule has 0 aliphatic rings. The Morgan fingerprint density at radius 3 is 2.34 bits per heavy atom. The first-order valence-corrected chi connectivity index (χ1v) is 14.4. The maximum Gasteiger partial charge on any atom is 0.291 e. The highest BCUT2D eigenvalue weighted by molar-refractivity contribution is 7.15. The zero-order chi connectivity index (χ0) is 28.2. The summed E-state index contributed by atoms with van der Waals surface area (Å²) in [6, 6.07) is 27.8. The molecule has 0 spiro atoms. The number of benzene rings is 3. The highest BCUT2D eigenvalue weighted by atomic mass is 32.1. The Labute approximate surface area is 241 Å². The van der Waals surface area contributed by atoms with Crippen LogP contribution in [0.2, 0.25) is 0 Å². The number of para-hydroxylation sites is 1. The summed E-state index contributed by atoms with van der Waals surface area (Å²) in [7, 11) is 0. The van der Waals surface area contributed by atoms with Crippen molar-refractivity contribution in [3.63, 3.8) is 0 Å². The Kier molecular flexibility index (Phi) is 7.56. The Balaban J connectivity index is 1.35. The minimum atomic E-state index is -0.204. The van der Waals surface area contributed by atoms with Crippen molar-refractivity contribution < 1.29 is 4.74 Å². The molecule has 0 aliphatic heterocycles. The van der Waals surface area contributed by atoms with Crippen LogP contribution in [0.15, 0.2) is 95.9 Å². The third-order valence-electron chi connectivity index (χ3n) is 6.56. The number of hydrogen-bond acceptors (Lipinski definition) is 6. The largest absolute Gasteiger partial charge is 0.494 e. The molecule has 0 radical (unpaired) electrons. The molecule has 0 bridgehead atoms. The van der Waals surface area contributed by atoms with Crippen LogP contribution < -0.4 is 14.8 Å². The summed E-state index contributed by atoms with van der Waals surface area (Å²) < 4.78 is 9.65. The lowest BCUT2D eigenvalue weighted by atomic mass is 10.1. The molecule has 6 rings (SSSR count). The van der Waals surface area contributed by atoms with E-state index in [2.05, 4.69) is 23.9 Å². The van der Waals surface area contributed by atoms with Crippen molar-refractivity contribution >= 4 is 34.5 Å². The van der Waals surface area contributed by atoms with Gasteiger partial charge in [-0.3, -0.25) is 4.79 Å². The van der Waals surface area contributed by atoms with Gasteiger partial charge in [0, 0.05) is 17.3 Å². The van der Waals surface area contributed by atoms with Crippen LogP contribution >= 0.6 is 11.3 Å². The number of hydrogen-bond donors (Lipinski definition) is 0. The third kappa shape index (κ3) is 6.02. The normalized spacial score (nSPS) is 12.2. The van der Waals surface area contributed by atoms with E-state index in [1.165, 1.54) is 15.9 Å². The van der Waals surface area contributed by atoms with E-state index in [9.17, 15) is 4.79 Å². The fourth-order valence-corrected chi connectivity index (χ4v) is 5.25. The van der Waals surface area contributed by atoms with Crippen molar-refractivity contribution in [1.29, 1.82) is 0 Å². The number of nitrogens with zero attached hydrogens (tertiary/aromatic N) is 5. The lowest BCUT2D eigenvalue weighted by Crippen LogP contribution is -2.23. The Morgan fingerprint density at radius 1 is 0.902 bits per heavy atom. The van der Waals surface area contributed by atoms with Gasteiger partial charge in [0.05, 0.1) is 16.8 Å². The van der Waals surface area contributed by atoms with Crippen LogP contribution in [0.4, 0.5) is 0 Å². The fraction of sp³-hybridized carbons (Fsp3) is 0.152. The summed E-state index contributed by atoms with van der Waals surface area (Å²) in [4.78, 5) is 18.4. The molecule has 3 aromatic carbocycles. The van der Waals surface area contributed by atoms with Crippen LogP contribution in [0, 0.1) is 5.92 Å². The summed E-state index contributed by atoms with van der Waals surface area (Å²) in [5, 5.41) is 9.33. The van der Waals surface area contributed by atoms with Crippen molar-refractivity contribution in [2.75, 3.05) is 6.61 Å². The quantitative estimate of drug-likeness (QED) is 0.213. The Bertz CT molecular complexity index is 1900. The molecule has 0 aliphatic carbocycles. The highest BCUT2D eigenvalue weighted by Crippen LogP contribution is 2.27. The van der Waals surface area contributed by atoms with E-state index >= 15 is 0 Å². The molecular weight excluding hydrogens is 530 g/mol. The van der Waals surface area contributed by atoms with E-state index in [-0.39, 0.29) is 5.56 Å². The van der Waals surface area contributed by atoms with Crippen molar-refractivity contribution in [1.82, 2.24) is 24.4 Å². The number of thiazole rings is 1. The van der Waals surface area contributed by atoms with Gasteiger partial charge in [-0.05, 0) is 66.5 Å². The molecule has 0 atom stereocenters. The monoisotopic (exact) mass is 559 g/mol. The van der Waals surface area contributed by atoms with Crippen LogP contribution in [0.1, 0.15) is 37.2 Å². The summed E-state index contributed by atoms with van der Waals surface area (Å²) in [5.41, 5.74) is 4.30. The predicted molar refractivity (Wildman–Crippen MR) is 165 cm³/mol. The molecule has 0 saturated carbocycles. The lowest BCUT2D eigenvalue weighted by molar-refractivity contribution is 0.289. The van der Waals surface area contributed by atoms with Crippen LogP contribution in [0.5, 0.6) is 5.75 Å². The van der Waals surface area contributed by atoms with Gasteiger partial charge in [0.25, 0.3) is 5.56 Å². The molecule has 8 heteroatoms. The molecule has 204 valence electrons. The molecular formula is C33H29N5O2S. The third-order valence-corrected chi connectivity index (χ3v) is 7.52. The summed E-state index contributed by atoms with van der Waals surface area (Å²) in [6.07, 6.45) is 8.57. The second-order valence-corrected chi connectivity index (χ2v) is 11.1. The second kappa shape index (κ2) is 11.7. The smallest absolute Gasteiger partial charge is 0.291 e. The first kappa shape index (κ1) is 26.4. The minimum absolute atomic E-state index is 0.204. The number of aromatic nitrogens is 5. The molecule has 0 N–H and O–H groups in total. The van der Waals surface area contributed by atoms with Gasteiger partial charge < -0.3 is 4.74 Å². The van der Waals surface area contributed by atoms with E-state index in [0.717, 1.165) is 40.2 Å². The average molecular weight is 560 g/mol. The molecule has 7 nitrogen and oxygen atoms in total. The van der Waals surface area contributed by atoms with E-state index in [0.29, 0.717) is 27.8 Å². The highest BCUT2D eigenvalue weighted by Gasteiger charge is 2.14. The van der Waals surface area contributed by atoms with Gasteiger partial charge in [0.2, 0.25) is 4.96 Å². The van der Waals surface area contributed by atoms with Crippen molar-refractivity contribution in [2.45, 2.75) is 20.3 Å². The van der Waals surface area contributed by atoms with Crippen LogP contribution in [-0.2, 0) is 0 Å². The molecule has 0 unspecified atom stereocenters. The molecule has 3 aromatic heterocycles. The first-order chi connectivity index (χ1) is 20.0. The maximum atomic E-state index is 13.3. The predicted octanol–water partition coefficient (Wildman–Crippen LogP) is 6.15. The molecule has 0 saturated heterocycles. The number of fused-ring (bicyclic) bond motifs is 1. The molecule has 0 amide bonds. The number of rotatable bonds is 9. The SMILES string of the molecule is CC(C)CCOc1ccc(-c2nn(-c3ccccc3)cc2/C=c2\sc3nc(/C=C/c4ccccc4)nn3c2=O)cc1. The lowest BCUT2D eigenvalue weighted by Gasteiger charge is -2.08. The standard InChI is InChI=1S/C33H29N5O2S/c1-23(2)19-20-40-28-16-14-25(15-17-28)31-26(22-37(36-31)27-11-7-4-8-12-27)21-29-32(39)38-33(41-29)34-30(35-38)18-13-24-9-5-3-6-10-24/h3-18,21-23H,19-20H2,1-2H3/b18-13+,29-21-. The van der Waals surface area contributed by atoms with E-state index in [4.69, 9.17) is 9.84 Å². The molecule has 3 heterocycles. The van der Waals surface area contributed by atoms with Gasteiger partial charge in [-0.25, -0.2) is 4.68 Å². The topological polar surface area (TPSA) is 74.3 Å². The first-order valence-electron chi connectivity index (χ1n) is 13.6. The summed E-state index contributed by atoms with van der Waals surface area (Å²) in [5.74, 6) is 1.91. The molecule has 41 heavy (non-hydrogen) atoms. The second-order valence-electron chi connectivity index (χ2n) is 10.1. The van der Waals surface area contributed by atoms with Crippen molar-refractivity contribution in [2.24, 2.45) is 5.92 Å². The van der Waals surface area contributed by atoms with E-state index in [1.807, 2.05) is 114 Å². The van der Waals surface area contributed by atoms with Crippen LogP contribution in [0.25, 0.3) is 40.1 Å². The zero-order valence-electron chi connectivity index (χ0n) is 22.8. The van der Waals surface area contributed by atoms with Gasteiger partial charge >= 0.3 is 0 Å². The van der Waals surface area contributed by atoms with Gasteiger partial charge in [0.15, 0.2) is 5.82 Å². The molecule has 6 aromatic rings. The van der Waals surface area contributed by atoms with E-state index < -0.39 is 0 Å². The van der Waals surface area contributed by atoms with Crippen LogP contribution in [-0.4, -0.2) is 31.0 Å². The molecule has 0 fully saturated rings. The maximum absolute atomic E-state index is 13.3. The fourth-order valence-electron chi connectivity index (χ4n) is 4.35.